The van der Waals surface area contributed by atoms with Crippen LogP contribution in [0, 0.1) is 5.82 Å². The molecule has 3 N–H and O–H groups in total. The van der Waals surface area contributed by atoms with Crippen molar-refractivity contribution in [3.05, 3.63) is 88.7 Å². The molecule has 0 saturated heterocycles. The van der Waals surface area contributed by atoms with E-state index in [1.54, 1.807) is 0 Å². The summed E-state index contributed by atoms with van der Waals surface area (Å²) >= 11 is 6.11. The van der Waals surface area contributed by atoms with Crippen molar-refractivity contribution < 1.29 is 36.7 Å². The largest absolute Gasteiger partial charge is 0.482 e. The van der Waals surface area contributed by atoms with Crippen LogP contribution in [0.3, 0.4) is 0 Å². The Labute approximate surface area is 212 Å². The Morgan fingerprint density at radius 2 is 1.70 bits per heavy atom. The van der Waals surface area contributed by atoms with E-state index in [1.165, 1.54) is 48.7 Å². The van der Waals surface area contributed by atoms with E-state index in [9.17, 15) is 31.9 Å². The lowest BCUT2D eigenvalue weighted by Gasteiger charge is -2.11. The van der Waals surface area contributed by atoms with Crippen LogP contribution in [0.2, 0.25) is 5.02 Å². The summed E-state index contributed by atoms with van der Waals surface area (Å²) in [5.41, 5.74) is 1.24. The minimum atomic E-state index is -4.55. The van der Waals surface area contributed by atoms with Gasteiger partial charge in [0, 0.05) is 5.69 Å². The summed E-state index contributed by atoms with van der Waals surface area (Å²) < 4.78 is 57.2. The van der Waals surface area contributed by atoms with Gasteiger partial charge < -0.3 is 15.4 Å². The monoisotopic (exact) mass is 536 g/mol. The minimum absolute atomic E-state index is 0.0503. The van der Waals surface area contributed by atoms with Gasteiger partial charge in [0.1, 0.15) is 11.6 Å². The second-order valence-electron chi connectivity index (χ2n) is 7.24. The van der Waals surface area contributed by atoms with Gasteiger partial charge >= 0.3 is 18.0 Å². The fourth-order valence-corrected chi connectivity index (χ4v) is 3.03. The first-order valence-corrected chi connectivity index (χ1v) is 10.7. The Kier molecular flexibility index (Phi) is 8.80. The molecule has 3 aromatic rings. The summed E-state index contributed by atoms with van der Waals surface area (Å²) in [5, 5.41) is 8.09. The van der Waals surface area contributed by atoms with Crippen molar-refractivity contribution in [3.63, 3.8) is 0 Å². The second-order valence-corrected chi connectivity index (χ2v) is 7.65. The van der Waals surface area contributed by atoms with E-state index >= 15 is 0 Å². The van der Waals surface area contributed by atoms with Crippen molar-refractivity contribution in [2.45, 2.75) is 6.18 Å². The zero-order valence-corrected chi connectivity index (χ0v) is 19.4. The maximum Gasteiger partial charge on any atom is 0.416 e. The molecule has 3 amide bonds. The Balaban J connectivity index is 1.50. The van der Waals surface area contributed by atoms with Gasteiger partial charge in [0.05, 0.1) is 22.5 Å². The fourth-order valence-electron chi connectivity index (χ4n) is 2.79. The number of ether oxygens (including phenoxy) is 1. The lowest BCUT2D eigenvalue weighted by molar-refractivity contribution is -0.137. The number of alkyl halides is 3. The number of carbonyl (C=O) groups excluding carboxylic acids is 3. The number of anilines is 2. The molecule has 0 unspecified atom stereocenters. The standard InChI is InChI=1S/C24H17ClF4N4O4/c25-17-10-14(12-30-33-23(36)22(35)32-19-7-2-1-6-18(19)26)8-9-20(17)37-13-21(34)31-16-5-3-4-15(11-16)24(27,28)29/h1-12H,13H2,(H,31,34)(H,32,35)(H,33,36)/b30-12-. The number of halogens is 5. The number of carbonyl (C=O) groups is 3. The highest BCUT2D eigenvalue weighted by molar-refractivity contribution is 6.39. The molecule has 3 aromatic carbocycles. The molecule has 0 heterocycles. The topological polar surface area (TPSA) is 109 Å². The van der Waals surface area contributed by atoms with E-state index in [0.717, 1.165) is 24.3 Å². The van der Waals surface area contributed by atoms with Gasteiger partial charge in [0.2, 0.25) is 0 Å². The number of nitrogens with zero attached hydrogens (tertiary/aromatic N) is 1. The molecule has 37 heavy (non-hydrogen) atoms. The SMILES string of the molecule is O=C(COc1ccc(/C=N\NC(=O)C(=O)Nc2ccccc2F)cc1Cl)Nc1cccc(C(F)(F)F)c1. The molecular formula is C24H17ClF4N4O4. The summed E-state index contributed by atoms with van der Waals surface area (Å²) in [6.07, 6.45) is -3.38. The van der Waals surface area contributed by atoms with Gasteiger partial charge in [-0.25, -0.2) is 9.82 Å². The molecule has 0 aliphatic carbocycles. The zero-order chi connectivity index (χ0) is 27.0. The van der Waals surface area contributed by atoms with E-state index < -0.39 is 41.9 Å². The number of para-hydroxylation sites is 1. The van der Waals surface area contributed by atoms with E-state index in [0.29, 0.717) is 5.56 Å². The molecule has 0 aliphatic rings. The van der Waals surface area contributed by atoms with Gasteiger partial charge in [0.25, 0.3) is 5.91 Å². The van der Waals surface area contributed by atoms with Gasteiger partial charge in [0.15, 0.2) is 6.61 Å². The third-order valence-corrected chi connectivity index (χ3v) is 4.79. The molecule has 0 aromatic heterocycles. The summed E-state index contributed by atoms with van der Waals surface area (Å²) in [5.74, 6) is -3.59. The molecule has 192 valence electrons. The third-order valence-electron chi connectivity index (χ3n) is 4.50. The van der Waals surface area contributed by atoms with E-state index in [-0.39, 0.29) is 22.1 Å². The molecular weight excluding hydrogens is 520 g/mol. The number of rotatable bonds is 7. The quantitative estimate of drug-likeness (QED) is 0.177. The molecule has 0 saturated carbocycles. The molecule has 0 radical (unpaired) electrons. The first-order chi connectivity index (χ1) is 17.5. The highest BCUT2D eigenvalue weighted by atomic mass is 35.5. The van der Waals surface area contributed by atoms with Crippen molar-refractivity contribution in [1.29, 1.82) is 0 Å². The summed E-state index contributed by atoms with van der Waals surface area (Å²) in [6, 6.07) is 13.7. The predicted molar refractivity (Wildman–Crippen MR) is 128 cm³/mol. The maximum absolute atomic E-state index is 13.5. The van der Waals surface area contributed by atoms with Crippen molar-refractivity contribution in [1.82, 2.24) is 5.43 Å². The number of hydrogen-bond donors (Lipinski definition) is 3. The van der Waals surface area contributed by atoms with Crippen LogP contribution in [-0.2, 0) is 20.6 Å². The molecule has 8 nitrogen and oxygen atoms in total. The van der Waals surface area contributed by atoms with Crippen LogP contribution in [0.25, 0.3) is 0 Å². The number of hydrazone groups is 1. The van der Waals surface area contributed by atoms with Gasteiger partial charge in [-0.05, 0) is 54.1 Å². The van der Waals surface area contributed by atoms with Crippen molar-refractivity contribution >= 4 is 46.9 Å². The lowest BCUT2D eigenvalue weighted by Crippen LogP contribution is -2.32. The number of nitrogens with one attached hydrogen (secondary N) is 3. The zero-order valence-electron chi connectivity index (χ0n) is 18.6. The van der Waals surface area contributed by atoms with Crippen LogP contribution in [0.15, 0.2) is 71.8 Å². The Hall–Kier alpha value is -4.45. The Morgan fingerprint density at radius 1 is 0.946 bits per heavy atom. The van der Waals surface area contributed by atoms with Crippen molar-refractivity contribution in [3.8, 4) is 5.75 Å². The second kappa shape index (κ2) is 12.0. The normalized spacial score (nSPS) is 11.2. The third kappa shape index (κ3) is 8.04. The Morgan fingerprint density at radius 3 is 2.41 bits per heavy atom. The number of amides is 3. The van der Waals surface area contributed by atoms with Crippen LogP contribution >= 0.6 is 11.6 Å². The fraction of sp³-hybridized carbons (Fsp3) is 0.0833. The first-order valence-electron chi connectivity index (χ1n) is 10.3. The first kappa shape index (κ1) is 27.1. The smallest absolute Gasteiger partial charge is 0.416 e. The molecule has 13 heteroatoms. The van der Waals surface area contributed by atoms with Crippen LogP contribution in [0.5, 0.6) is 5.75 Å². The molecule has 0 spiro atoms. The summed E-state index contributed by atoms with van der Waals surface area (Å²) in [4.78, 5) is 35.7. The number of hydrogen-bond acceptors (Lipinski definition) is 5. The Bertz CT molecular complexity index is 1350. The molecule has 0 fully saturated rings. The summed E-state index contributed by atoms with van der Waals surface area (Å²) in [6.45, 7) is -0.531. The van der Waals surface area contributed by atoms with Crippen LogP contribution < -0.4 is 20.8 Å². The summed E-state index contributed by atoms with van der Waals surface area (Å²) in [7, 11) is 0. The van der Waals surface area contributed by atoms with Crippen molar-refractivity contribution in [2.24, 2.45) is 5.10 Å². The average molecular weight is 537 g/mol. The van der Waals surface area contributed by atoms with E-state index in [1.807, 2.05) is 5.43 Å². The average Bonchev–Trinajstić information content (AvgIpc) is 2.84. The van der Waals surface area contributed by atoms with Gasteiger partial charge in [-0.1, -0.05) is 29.8 Å². The van der Waals surface area contributed by atoms with Crippen LogP contribution in [0.4, 0.5) is 28.9 Å². The maximum atomic E-state index is 13.5. The highest BCUT2D eigenvalue weighted by Crippen LogP contribution is 2.30. The van der Waals surface area contributed by atoms with Crippen LogP contribution in [-0.4, -0.2) is 30.5 Å². The minimum Gasteiger partial charge on any atom is -0.482 e. The highest BCUT2D eigenvalue weighted by Gasteiger charge is 2.30. The van der Waals surface area contributed by atoms with Gasteiger partial charge in [-0.2, -0.15) is 18.3 Å². The molecule has 0 atom stereocenters. The predicted octanol–water partition coefficient (Wildman–Crippen LogP) is 4.60. The van der Waals surface area contributed by atoms with E-state index in [2.05, 4.69) is 15.7 Å². The van der Waals surface area contributed by atoms with Gasteiger partial charge in [-0.15, -0.1) is 0 Å². The van der Waals surface area contributed by atoms with E-state index in [4.69, 9.17) is 16.3 Å². The lowest BCUT2D eigenvalue weighted by atomic mass is 10.2. The molecule has 0 bridgehead atoms. The van der Waals surface area contributed by atoms with Crippen LogP contribution in [0.1, 0.15) is 11.1 Å². The van der Waals surface area contributed by atoms with Gasteiger partial charge in [-0.3, -0.25) is 14.4 Å². The molecule has 3 rings (SSSR count). The number of benzene rings is 3. The molecule has 0 aliphatic heterocycles. The van der Waals surface area contributed by atoms with Crippen molar-refractivity contribution in [2.75, 3.05) is 17.2 Å².